The lowest BCUT2D eigenvalue weighted by molar-refractivity contribution is 0.0947. The Morgan fingerprint density at radius 3 is 2.60 bits per heavy atom. The summed E-state index contributed by atoms with van der Waals surface area (Å²) < 4.78 is 39.2. The van der Waals surface area contributed by atoms with Gasteiger partial charge in [0.05, 0.1) is 5.56 Å². The van der Waals surface area contributed by atoms with E-state index >= 15 is 0 Å². The molecule has 0 atom stereocenters. The second-order valence-corrected chi connectivity index (χ2v) is 3.83. The van der Waals surface area contributed by atoms with Gasteiger partial charge in [-0.3, -0.25) is 4.79 Å². The van der Waals surface area contributed by atoms with E-state index in [-0.39, 0.29) is 18.8 Å². The quantitative estimate of drug-likeness (QED) is 0.162. The van der Waals surface area contributed by atoms with Gasteiger partial charge < -0.3 is 21.4 Å². The van der Waals surface area contributed by atoms with E-state index < -0.39 is 34.7 Å². The number of rotatable bonds is 5. The van der Waals surface area contributed by atoms with Gasteiger partial charge >= 0.3 is 0 Å². The molecule has 0 aliphatic carbocycles. The van der Waals surface area contributed by atoms with Crippen LogP contribution in [0.15, 0.2) is 11.2 Å². The molecule has 0 bridgehead atoms. The lowest BCUT2D eigenvalue weighted by Crippen LogP contribution is -2.26. The zero-order chi connectivity index (χ0) is 15.3. The summed E-state index contributed by atoms with van der Waals surface area (Å²) in [4.78, 5) is 11.5. The number of carbonyl (C=O) groups is 1. The van der Waals surface area contributed by atoms with Crippen LogP contribution < -0.4 is 11.1 Å². The first-order chi connectivity index (χ1) is 9.38. The van der Waals surface area contributed by atoms with Crippen LogP contribution in [0.3, 0.4) is 0 Å². The first kappa shape index (κ1) is 15.6. The molecule has 0 aromatic heterocycles. The van der Waals surface area contributed by atoms with Crippen LogP contribution in [-0.2, 0) is 0 Å². The molecule has 9 heteroatoms. The van der Waals surface area contributed by atoms with E-state index in [2.05, 4.69) is 10.5 Å². The van der Waals surface area contributed by atoms with Crippen molar-refractivity contribution in [3.8, 4) is 5.75 Å². The van der Waals surface area contributed by atoms with Crippen LogP contribution in [0, 0.1) is 17.5 Å². The van der Waals surface area contributed by atoms with E-state index in [1.807, 2.05) is 0 Å². The predicted octanol–water partition coefficient (Wildman–Crippen LogP) is 1.07. The zero-order valence-electron chi connectivity index (χ0n) is 10.2. The largest absolute Gasteiger partial charge is 0.503 e. The molecule has 110 valence electrons. The Bertz CT molecular complexity index is 549. The second-order valence-electron chi connectivity index (χ2n) is 3.83. The summed E-state index contributed by atoms with van der Waals surface area (Å²) in [6, 6.07) is 0.350. The van der Waals surface area contributed by atoms with Gasteiger partial charge in [0.15, 0.2) is 17.4 Å². The Kier molecular flexibility index (Phi) is 5.18. The third kappa shape index (κ3) is 3.53. The van der Waals surface area contributed by atoms with Gasteiger partial charge in [-0.25, -0.2) is 8.78 Å². The molecule has 0 aliphatic heterocycles. The number of halogens is 3. The molecule has 6 nitrogen and oxygen atoms in total. The fourth-order valence-corrected chi connectivity index (χ4v) is 1.37. The molecule has 0 spiro atoms. The third-order valence-electron chi connectivity index (χ3n) is 2.40. The number of phenols is 1. The van der Waals surface area contributed by atoms with Crippen molar-refractivity contribution in [1.82, 2.24) is 5.32 Å². The van der Waals surface area contributed by atoms with Crippen molar-refractivity contribution in [2.24, 2.45) is 10.9 Å². The summed E-state index contributed by atoms with van der Waals surface area (Å²) in [7, 11) is 0. The maximum atomic E-state index is 13.4. The number of aromatic hydroxyl groups is 1. The number of nitrogens with zero attached hydrogens (tertiary/aromatic N) is 1. The molecule has 0 radical (unpaired) electrons. The zero-order valence-corrected chi connectivity index (χ0v) is 10.2. The van der Waals surface area contributed by atoms with E-state index in [1.54, 1.807) is 0 Å². The number of amides is 1. The van der Waals surface area contributed by atoms with Crippen molar-refractivity contribution >= 4 is 11.7 Å². The summed E-state index contributed by atoms with van der Waals surface area (Å²) in [5, 5.41) is 22.2. The molecule has 1 aromatic carbocycles. The van der Waals surface area contributed by atoms with Crippen molar-refractivity contribution in [2.45, 2.75) is 12.8 Å². The normalized spacial score (nSPS) is 11.4. The summed E-state index contributed by atoms with van der Waals surface area (Å²) >= 11 is 0. The highest BCUT2D eigenvalue weighted by atomic mass is 19.2. The lowest BCUT2D eigenvalue weighted by atomic mass is 10.1. The van der Waals surface area contributed by atoms with E-state index in [1.165, 1.54) is 0 Å². The number of hydrogen-bond acceptors (Lipinski definition) is 4. The summed E-state index contributed by atoms with van der Waals surface area (Å²) in [5.74, 6) is -7.45. The van der Waals surface area contributed by atoms with Gasteiger partial charge in [-0.15, -0.1) is 0 Å². The topological polar surface area (TPSA) is 108 Å². The number of nitrogens with two attached hydrogens (primary N) is 1. The van der Waals surface area contributed by atoms with Crippen LogP contribution in [0.4, 0.5) is 13.2 Å². The van der Waals surface area contributed by atoms with Crippen LogP contribution in [-0.4, -0.2) is 28.6 Å². The number of hydrogen-bond donors (Lipinski definition) is 4. The number of benzene rings is 1. The summed E-state index contributed by atoms with van der Waals surface area (Å²) in [6.45, 7) is 0.0360. The van der Waals surface area contributed by atoms with Crippen molar-refractivity contribution < 1.29 is 28.3 Å². The van der Waals surface area contributed by atoms with Gasteiger partial charge in [0.1, 0.15) is 5.84 Å². The lowest BCUT2D eigenvalue weighted by Gasteiger charge is -2.08. The Labute approximate surface area is 111 Å². The van der Waals surface area contributed by atoms with Gasteiger partial charge in [0.25, 0.3) is 5.91 Å². The Morgan fingerprint density at radius 1 is 1.35 bits per heavy atom. The molecule has 1 amide bonds. The number of carbonyl (C=O) groups excluding carboxylic acids is 1. The minimum absolute atomic E-state index is 0.0360. The van der Waals surface area contributed by atoms with Gasteiger partial charge in [-0.2, -0.15) is 4.39 Å². The minimum Gasteiger partial charge on any atom is -0.503 e. The average Bonchev–Trinajstić information content (AvgIpc) is 2.44. The van der Waals surface area contributed by atoms with Crippen molar-refractivity contribution in [1.29, 1.82) is 0 Å². The highest BCUT2D eigenvalue weighted by Gasteiger charge is 2.22. The predicted molar refractivity (Wildman–Crippen MR) is 63.0 cm³/mol. The SMILES string of the molecule is NC(CCCNC(=O)c1cc(F)c(F)c(O)c1F)=NO. The molecule has 20 heavy (non-hydrogen) atoms. The highest BCUT2D eigenvalue weighted by molar-refractivity contribution is 5.95. The molecule has 0 unspecified atom stereocenters. The van der Waals surface area contributed by atoms with Crippen molar-refractivity contribution in [3.63, 3.8) is 0 Å². The third-order valence-corrected chi connectivity index (χ3v) is 2.40. The second kappa shape index (κ2) is 6.64. The first-order valence-corrected chi connectivity index (χ1v) is 5.49. The molecule has 1 aromatic rings. The maximum Gasteiger partial charge on any atom is 0.254 e. The Morgan fingerprint density at radius 2 is 2.00 bits per heavy atom. The van der Waals surface area contributed by atoms with Crippen molar-refractivity contribution in [3.05, 3.63) is 29.1 Å². The van der Waals surface area contributed by atoms with E-state index in [0.29, 0.717) is 12.5 Å². The number of amidine groups is 1. The standard InChI is InChI=1S/C11H12F3N3O3/c12-6-4-5(8(13)10(18)9(6)14)11(19)16-3-1-2-7(15)17-20/h4,18,20H,1-3H2,(H2,15,17)(H,16,19). The highest BCUT2D eigenvalue weighted by Crippen LogP contribution is 2.25. The minimum atomic E-state index is -1.76. The van der Waals surface area contributed by atoms with Gasteiger partial charge in [0.2, 0.25) is 5.82 Å². The van der Waals surface area contributed by atoms with E-state index in [4.69, 9.17) is 16.0 Å². The fraction of sp³-hybridized carbons (Fsp3) is 0.273. The molecule has 0 heterocycles. The van der Waals surface area contributed by atoms with Crippen LogP contribution in [0.1, 0.15) is 23.2 Å². The summed E-state index contributed by atoms with van der Waals surface area (Å²) in [6.07, 6.45) is 0.473. The fourth-order valence-electron chi connectivity index (χ4n) is 1.37. The molecule has 1 rings (SSSR count). The molecule has 0 saturated carbocycles. The van der Waals surface area contributed by atoms with E-state index in [9.17, 15) is 18.0 Å². The van der Waals surface area contributed by atoms with Crippen LogP contribution in [0.25, 0.3) is 0 Å². The van der Waals surface area contributed by atoms with E-state index in [0.717, 1.165) is 0 Å². The summed E-state index contributed by atoms with van der Waals surface area (Å²) in [5.41, 5.74) is 4.37. The Hall–Kier alpha value is -2.45. The Balaban J connectivity index is 2.69. The van der Waals surface area contributed by atoms with Gasteiger partial charge in [-0.1, -0.05) is 5.16 Å². The molecule has 5 N–H and O–H groups in total. The number of phenolic OH excluding ortho intramolecular Hbond substituents is 1. The van der Waals surface area contributed by atoms with Crippen LogP contribution >= 0.6 is 0 Å². The molecular weight excluding hydrogens is 279 g/mol. The van der Waals surface area contributed by atoms with Crippen molar-refractivity contribution in [2.75, 3.05) is 6.54 Å². The smallest absolute Gasteiger partial charge is 0.254 e. The van der Waals surface area contributed by atoms with Crippen LogP contribution in [0.5, 0.6) is 5.75 Å². The molecule has 0 saturated heterocycles. The molecule has 0 aliphatic rings. The number of nitrogens with one attached hydrogen (secondary N) is 1. The monoisotopic (exact) mass is 291 g/mol. The maximum absolute atomic E-state index is 13.4. The molecular formula is C11H12F3N3O3. The van der Waals surface area contributed by atoms with Gasteiger partial charge in [0, 0.05) is 13.0 Å². The van der Waals surface area contributed by atoms with Crippen LogP contribution in [0.2, 0.25) is 0 Å². The average molecular weight is 291 g/mol. The first-order valence-electron chi connectivity index (χ1n) is 5.49. The number of oxime groups is 1. The van der Waals surface area contributed by atoms with Gasteiger partial charge in [-0.05, 0) is 12.5 Å². The molecule has 0 fully saturated rings.